The predicted molar refractivity (Wildman–Crippen MR) is 109 cm³/mol. The number of nitrogens with zero attached hydrogens (tertiary/aromatic N) is 1. The molecule has 0 saturated carbocycles. The Bertz CT molecular complexity index is 844. The van der Waals surface area contributed by atoms with Crippen molar-refractivity contribution in [3.05, 3.63) is 84.2 Å². The molecule has 0 unspecified atom stereocenters. The smallest absolute Gasteiger partial charge is 0.127 e. The van der Waals surface area contributed by atoms with E-state index >= 15 is 0 Å². The standard InChI is InChI=1S/C24H27NO/c1-18(2)24(3,4)21-12-13-22(20-11-8-14-25-16-20)23(15-21)26-17-19-9-6-5-7-10-19/h6,8-16H,1,5,7,17H2,2-4H3. The molecule has 26 heavy (non-hydrogen) atoms. The summed E-state index contributed by atoms with van der Waals surface area (Å²) in [5.74, 6) is 0.893. The van der Waals surface area contributed by atoms with Crippen molar-refractivity contribution < 1.29 is 4.74 Å². The van der Waals surface area contributed by atoms with Crippen LogP contribution in [0.2, 0.25) is 0 Å². The molecule has 2 nitrogen and oxygen atoms in total. The van der Waals surface area contributed by atoms with Gasteiger partial charge in [-0.05, 0) is 43.0 Å². The zero-order chi connectivity index (χ0) is 18.6. The number of rotatable bonds is 6. The zero-order valence-corrected chi connectivity index (χ0v) is 16.0. The number of hydrogen-bond acceptors (Lipinski definition) is 2. The first-order chi connectivity index (χ1) is 12.5. The highest BCUT2D eigenvalue weighted by Gasteiger charge is 2.23. The first kappa shape index (κ1) is 18.2. The second kappa shape index (κ2) is 7.74. The molecule has 1 heterocycles. The summed E-state index contributed by atoms with van der Waals surface area (Å²) >= 11 is 0. The maximum atomic E-state index is 6.27. The average molecular weight is 345 g/mol. The third-order valence-corrected chi connectivity index (χ3v) is 5.21. The van der Waals surface area contributed by atoms with Crippen LogP contribution in [0.25, 0.3) is 11.1 Å². The lowest BCUT2D eigenvalue weighted by atomic mass is 9.78. The van der Waals surface area contributed by atoms with Gasteiger partial charge in [0.15, 0.2) is 0 Å². The Kier molecular flexibility index (Phi) is 5.41. The summed E-state index contributed by atoms with van der Waals surface area (Å²) in [5, 5.41) is 0. The quantitative estimate of drug-likeness (QED) is 0.577. The Balaban J connectivity index is 1.97. The molecule has 134 valence electrons. The highest BCUT2D eigenvalue weighted by Crippen LogP contribution is 2.37. The van der Waals surface area contributed by atoms with Gasteiger partial charge in [-0.3, -0.25) is 4.98 Å². The topological polar surface area (TPSA) is 22.1 Å². The Morgan fingerprint density at radius 3 is 2.73 bits per heavy atom. The largest absolute Gasteiger partial charge is 0.488 e. The van der Waals surface area contributed by atoms with Gasteiger partial charge in [-0.1, -0.05) is 62.4 Å². The molecule has 0 atom stereocenters. The molecule has 0 spiro atoms. The molecule has 0 N–H and O–H groups in total. The lowest BCUT2D eigenvalue weighted by molar-refractivity contribution is 0.355. The van der Waals surface area contributed by atoms with Gasteiger partial charge in [0, 0.05) is 28.9 Å². The van der Waals surface area contributed by atoms with E-state index in [1.165, 1.54) is 11.1 Å². The molecule has 0 fully saturated rings. The highest BCUT2D eigenvalue weighted by atomic mass is 16.5. The van der Waals surface area contributed by atoms with Crippen molar-refractivity contribution in [2.75, 3.05) is 6.61 Å². The summed E-state index contributed by atoms with van der Waals surface area (Å²) in [5.41, 5.74) is 5.61. The normalized spacial score (nSPS) is 14.0. The van der Waals surface area contributed by atoms with E-state index in [0.717, 1.165) is 35.3 Å². The third-order valence-electron chi connectivity index (χ3n) is 5.21. The number of allylic oxidation sites excluding steroid dienone is 3. The minimum absolute atomic E-state index is 0.102. The molecule has 1 aromatic heterocycles. The highest BCUT2D eigenvalue weighted by molar-refractivity contribution is 5.70. The van der Waals surface area contributed by atoms with Crippen LogP contribution in [0.4, 0.5) is 0 Å². The van der Waals surface area contributed by atoms with Gasteiger partial charge in [0.1, 0.15) is 12.4 Å². The minimum atomic E-state index is -0.102. The summed E-state index contributed by atoms with van der Waals surface area (Å²) in [6.45, 7) is 11.2. The number of pyridine rings is 1. The van der Waals surface area contributed by atoms with Crippen LogP contribution in [0.3, 0.4) is 0 Å². The number of aromatic nitrogens is 1. The van der Waals surface area contributed by atoms with Gasteiger partial charge < -0.3 is 4.74 Å². The Morgan fingerprint density at radius 2 is 2.08 bits per heavy atom. The minimum Gasteiger partial charge on any atom is -0.488 e. The summed E-state index contributed by atoms with van der Waals surface area (Å²) in [7, 11) is 0. The summed E-state index contributed by atoms with van der Waals surface area (Å²) in [6, 6.07) is 10.5. The molecule has 0 bridgehead atoms. The first-order valence-electron chi connectivity index (χ1n) is 9.18. The molecule has 0 radical (unpaired) electrons. The van der Waals surface area contributed by atoms with Crippen molar-refractivity contribution in [1.29, 1.82) is 0 Å². The van der Waals surface area contributed by atoms with Crippen LogP contribution >= 0.6 is 0 Å². The first-order valence-corrected chi connectivity index (χ1v) is 9.18. The zero-order valence-electron chi connectivity index (χ0n) is 16.0. The van der Waals surface area contributed by atoms with Crippen molar-refractivity contribution >= 4 is 0 Å². The van der Waals surface area contributed by atoms with Crippen LogP contribution < -0.4 is 4.74 Å². The lowest BCUT2D eigenvalue weighted by Crippen LogP contribution is -2.18. The predicted octanol–water partition coefficient (Wildman–Crippen LogP) is 6.26. The summed E-state index contributed by atoms with van der Waals surface area (Å²) in [6.07, 6.45) is 12.5. The molecule has 0 aliphatic heterocycles. The average Bonchev–Trinajstić information content (AvgIpc) is 2.67. The van der Waals surface area contributed by atoms with E-state index in [2.05, 4.69) is 74.8 Å². The molecule has 2 aromatic rings. The van der Waals surface area contributed by atoms with E-state index in [9.17, 15) is 0 Å². The van der Waals surface area contributed by atoms with Crippen LogP contribution in [-0.4, -0.2) is 11.6 Å². The molecule has 2 heteroatoms. The fourth-order valence-electron chi connectivity index (χ4n) is 2.97. The van der Waals surface area contributed by atoms with Gasteiger partial charge in [-0.15, -0.1) is 0 Å². The molecule has 1 aliphatic carbocycles. The van der Waals surface area contributed by atoms with Crippen molar-refractivity contribution in [2.45, 2.75) is 39.0 Å². The maximum absolute atomic E-state index is 6.27. The monoisotopic (exact) mass is 345 g/mol. The molecule has 1 aliphatic rings. The van der Waals surface area contributed by atoms with Gasteiger partial charge in [0.05, 0.1) is 0 Å². The van der Waals surface area contributed by atoms with Gasteiger partial charge in [-0.25, -0.2) is 0 Å². The number of hydrogen-bond donors (Lipinski definition) is 0. The Morgan fingerprint density at radius 1 is 1.23 bits per heavy atom. The van der Waals surface area contributed by atoms with Gasteiger partial charge in [0.2, 0.25) is 0 Å². The summed E-state index contributed by atoms with van der Waals surface area (Å²) in [4.78, 5) is 4.26. The van der Waals surface area contributed by atoms with E-state index in [0.29, 0.717) is 6.61 Å². The van der Waals surface area contributed by atoms with Gasteiger partial charge >= 0.3 is 0 Å². The van der Waals surface area contributed by atoms with Crippen molar-refractivity contribution in [1.82, 2.24) is 4.98 Å². The van der Waals surface area contributed by atoms with Crippen LogP contribution in [0.5, 0.6) is 5.75 Å². The second-order valence-electron chi connectivity index (χ2n) is 7.41. The molecule has 3 rings (SSSR count). The van der Waals surface area contributed by atoms with E-state index in [-0.39, 0.29) is 5.41 Å². The SMILES string of the molecule is C=C(C)C(C)(C)c1ccc(-c2cccnc2)c(OCC2=CCCC=C2)c1. The maximum Gasteiger partial charge on any atom is 0.127 e. The molecule has 0 saturated heterocycles. The van der Waals surface area contributed by atoms with Crippen molar-refractivity contribution in [2.24, 2.45) is 0 Å². The van der Waals surface area contributed by atoms with Crippen LogP contribution in [0.1, 0.15) is 39.2 Å². The van der Waals surface area contributed by atoms with Crippen molar-refractivity contribution in [3.63, 3.8) is 0 Å². The Labute approximate surface area is 156 Å². The fourth-order valence-corrected chi connectivity index (χ4v) is 2.97. The summed E-state index contributed by atoms with van der Waals surface area (Å²) < 4.78 is 6.27. The van der Waals surface area contributed by atoms with Crippen molar-refractivity contribution in [3.8, 4) is 16.9 Å². The third kappa shape index (κ3) is 3.96. The fraction of sp³-hybridized carbons (Fsp3) is 0.292. The molecule has 0 amide bonds. The molecule has 1 aromatic carbocycles. The van der Waals surface area contributed by atoms with Gasteiger partial charge in [-0.2, -0.15) is 0 Å². The van der Waals surface area contributed by atoms with Gasteiger partial charge in [0.25, 0.3) is 0 Å². The number of ether oxygens (including phenoxy) is 1. The van der Waals surface area contributed by atoms with E-state index < -0.39 is 0 Å². The molecular formula is C24H27NO. The van der Waals surface area contributed by atoms with Crippen LogP contribution in [-0.2, 0) is 5.41 Å². The molecular weight excluding hydrogens is 318 g/mol. The second-order valence-corrected chi connectivity index (χ2v) is 7.41. The Hall–Kier alpha value is -2.61. The van der Waals surface area contributed by atoms with E-state index in [1.54, 1.807) is 6.20 Å². The number of benzene rings is 1. The van der Waals surface area contributed by atoms with Crippen LogP contribution in [0, 0.1) is 0 Å². The lowest BCUT2D eigenvalue weighted by Gasteiger charge is -2.27. The van der Waals surface area contributed by atoms with E-state index in [4.69, 9.17) is 4.74 Å². The van der Waals surface area contributed by atoms with Crippen LogP contribution in [0.15, 0.2) is 78.7 Å². The van der Waals surface area contributed by atoms with E-state index in [1.807, 2.05) is 12.3 Å².